The van der Waals surface area contributed by atoms with Crippen LogP contribution in [-0.4, -0.2) is 21.9 Å². The van der Waals surface area contributed by atoms with Crippen LogP contribution in [0, 0.1) is 6.92 Å². The summed E-state index contributed by atoms with van der Waals surface area (Å²) in [6.45, 7) is 1.89. The Morgan fingerprint density at radius 1 is 1.47 bits per heavy atom. The van der Waals surface area contributed by atoms with Crippen LogP contribution in [0.2, 0.25) is 5.02 Å². The molecule has 0 aromatic carbocycles. The summed E-state index contributed by atoms with van der Waals surface area (Å²) >= 11 is 6.07. The molecule has 0 saturated heterocycles. The summed E-state index contributed by atoms with van der Waals surface area (Å²) < 4.78 is 6.73. The van der Waals surface area contributed by atoms with Gasteiger partial charge in [0, 0.05) is 18.0 Å². The Balaban J connectivity index is 2.57. The fourth-order valence-corrected chi connectivity index (χ4v) is 1.61. The Morgan fingerprint density at radius 3 is 2.87 bits per heavy atom. The van der Waals surface area contributed by atoms with Gasteiger partial charge in [-0.3, -0.25) is 0 Å². The largest absolute Gasteiger partial charge is 0.481 e. The fraction of sp³-hybridized carbons (Fsp3) is 0.200. The second kappa shape index (κ2) is 3.90. The van der Waals surface area contributed by atoms with Crippen LogP contribution in [0.3, 0.4) is 0 Å². The Kier molecular flexibility index (Phi) is 2.60. The first-order valence-electron chi connectivity index (χ1n) is 4.43. The molecule has 4 nitrogen and oxygen atoms in total. The lowest BCUT2D eigenvalue weighted by Gasteiger charge is -2.08. The van der Waals surface area contributed by atoms with E-state index in [-0.39, 0.29) is 0 Å². The van der Waals surface area contributed by atoms with Crippen molar-refractivity contribution in [3.8, 4) is 11.7 Å². The van der Waals surface area contributed by atoms with Crippen molar-refractivity contribution in [2.75, 3.05) is 7.11 Å². The van der Waals surface area contributed by atoms with Gasteiger partial charge in [0.1, 0.15) is 0 Å². The van der Waals surface area contributed by atoms with Gasteiger partial charge in [0.15, 0.2) is 5.82 Å². The van der Waals surface area contributed by atoms with E-state index in [1.807, 2.05) is 19.1 Å². The Morgan fingerprint density at radius 2 is 2.27 bits per heavy atom. The third kappa shape index (κ3) is 1.80. The molecule has 2 aromatic rings. The first-order valence-corrected chi connectivity index (χ1v) is 4.81. The summed E-state index contributed by atoms with van der Waals surface area (Å²) in [5, 5.41) is 4.62. The van der Waals surface area contributed by atoms with E-state index in [1.54, 1.807) is 24.2 Å². The summed E-state index contributed by atoms with van der Waals surface area (Å²) in [4.78, 5) is 4.28. The molecule has 0 saturated carbocycles. The molecule has 0 spiro atoms. The number of rotatable bonds is 2. The minimum atomic E-state index is 0.553. The van der Waals surface area contributed by atoms with Crippen LogP contribution >= 0.6 is 11.6 Å². The number of nitrogens with zero attached hydrogens (tertiary/aromatic N) is 3. The molecule has 0 atom stereocenters. The second-order valence-corrected chi connectivity index (χ2v) is 3.48. The standard InChI is InChI=1S/C10H10ClN3O/c1-7-6-8(11)9(13-10(7)15-2)14-5-3-4-12-14/h3-6H,1-2H3. The van der Waals surface area contributed by atoms with E-state index >= 15 is 0 Å². The Hall–Kier alpha value is -1.55. The highest BCUT2D eigenvalue weighted by molar-refractivity contribution is 6.32. The highest BCUT2D eigenvalue weighted by Crippen LogP contribution is 2.24. The molecule has 0 radical (unpaired) electrons. The van der Waals surface area contributed by atoms with Crippen molar-refractivity contribution in [2.45, 2.75) is 6.92 Å². The number of hydrogen-bond donors (Lipinski definition) is 0. The lowest BCUT2D eigenvalue weighted by atomic mass is 10.3. The molecule has 0 fully saturated rings. The number of ether oxygens (including phenoxy) is 1. The van der Waals surface area contributed by atoms with Crippen molar-refractivity contribution in [2.24, 2.45) is 0 Å². The average molecular weight is 224 g/mol. The molecule has 0 aliphatic rings. The zero-order chi connectivity index (χ0) is 10.8. The van der Waals surface area contributed by atoms with Gasteiger partial charge in [-0.05, 0) is 19.1 Å². The number of pyridine rings is 1. The Bertz CT molecular complexity index is 468. The zero-order valence-electron chi connectivity index (χ0n) is 8.44. The molecule has 0 bridgehead atoms. The summed E-state index contributed by atoms with van der Waals surface area (Å²) in [6.07, 6.45) is 3.45. The number of hydrogen-bond acceptors (Lipinski definition) is 3. The average Bonchev–Trinajstić information content (AvgIpc) is 2.71. The van der Waals surface area contributed by atoms with E-state index in [0.717, 1.165) is 5.56 Å². The van der Waals surface area contributed by atoms with Gasteiger partial charge in [-0.25, -0.2) is 4.68 Å². The highest BCUT2D eigenvalue weighted by atomic mass is 35.5. The monoisotopic (exact) mass is 223 g/mol. The number of aromatic nitrogens is 3. The maximum absolute atomic E-state index is 6.07. The van der Waals surface area contributed by atoms with Crippen LogP contribution in [0.5, 0.6) is 5.88 Å². The van der Waals surface area contributed by atoms with Crippen molar-refractivity contribution < 1.29 is 4.74 Å². The lowest BCUT2D eigenvalue weighted by molar-refractivity contribution is 0.393. The zero-order valence-corrected chi connectivity index (χ0v) is 9.19. The summed E-state index contributed by atoms with van der Waals surface area (Å²) in [7, 11) is 1.58. The lowest BCUT2D eigenvalue weighted by Crippen LogP contribution is -2.02. The predicted molar refractivity (Wildman–Crippen MR) is 57.7 cm³/mol. The maximum Gasteiger partial charge on any atom is 0.218 e. The second-order valence-electron chi connectivity index (χ2n) is 3.07. The molecule has 15 heavy (non-hydrogen) atoms. The quantitative estimate of drug-likeness (QED) is 0.784. The molecular formula is C10H10ClN3O. The Labute approximate surface area is 92.5 Å². The van der Waals surface area contributed by atoms with Gasteiger partial charge in [-0.2, -0.15) is 10.1 Å². The van der Waals surface area contributed by atoms with Gasteiger partial charge in [0.25, 0.3) is 0 Å². The molecule has 2 heterocycles. The van der Waals surface area contributed by atoms with E-state index < -0.39 is 0 Å². The van der Waals surface area contributed by atoms with Gasteiger partial charge < -0.3 is 4.74 Å². The molecular weight excluding hydrogens is 214 g/mol. The first-order chi connectivity index (χ1) is 7.22. The van der Waals surface area contributed by atoms with E-state index in [9.17, 15) is 0 Å². The van der Waals surface area contributed by atoms with Crippen LogP contribution in [0.1, 0.15) is 5.56 Å². The number of aryl methyl sites for hydroxylation is 1. The van der Waals surface area contributed by atoms with E-state index in [4.69, 9.17) is 16.3 Å². The third-order valence-corrected chi connectivity index (χ3v) is 2.29. The van der Waals surface area contributed by atoms with Gasteiger partial charge in [0.05, 0.1) is 12.1 Å². The minimum Gasteiger partial charge on any atom is -0.481 e. The summed E-state index contributed by atoms with van der Waals surface area (Å²) in [5.74, 6) is 1.13. The van der Waals surface area contributed by atoms with Crippen molar-refractivity contribution in [3.63, 3.8) is 0 Å². The molecule has 0 amide bonds. The van der Waals surface area contributed by atoms with Gasteiger partial charge in [-0.1, -0.05) is 11.6 Å². The van der Waals surface area contributed by atoms with Crippen LogP contribution in [0.15, 0.2) is 24.5 Å². The van der Waals surface area contributed by atoms with Gasteiger partial charge in [-0.15, -0.1) is 0 Å². The van der Waals surface area contributed by atoms with E-state index in [2.05, 4.69) is 10.1 Å². The van der Waals surface area contributed by atoms with Crippen molar-refractivity contribution in [3.05, 3.63) is 35.1 Å². The van der Waals surface area contributed by atoms with Crippen molar-refractivity contribution in [1.29, 1.82) is 0 Å². The SMILES string of the molecule is COc1nc(-n2cccn2)c(Cl)cc1C. The molecule has 5 heteroatoms. The van der Waals surface area contributed by atoms with Crippen LogP contribution in [0.4, 0.5) is 0 Å². The first kappa shape index (κ1) is 9.98. The van der Waals surface area contributed by atoms with Crippen molar-refractivity contribution >= 4 is 11.6 Å². The fourth-order valence-electron chi connectivity index (χ4n) is 1.32. The van der Waals surface area contributed by atoms with Crippen LogP contribution < -0.4 is 4.74 Å². The third-order valence-electron chi connectivity index (χ3n) is 2.02. The molecule has 0 aliphatic carbocycles. The van der Waals surface area contributed by atoms with Crippen LogP contribution in [-0.2, 0) is 0 Å². The normalized spacial score (nSPS) is 10.3. The summed E-state index contributed by atoms with van der Waals surface area (Å²) in [5.41, 5.74) is 0.901. The minimum absolute atomic E-state index is 0.553. The molecule has 0 unspecified atom stereocenters. The van der Waals surface area contributed by atoms with Gasteiger partial charge in [0.2, 0.25) is 5.88 Å². The van der Waals surface area contributed by atoms with Crippen LogP contribution in [0.25, 0.3) is 5.82 Å². The molecule has 78 valence electrons. The van der Waals surface area contributed by atoms with E-state index in [0.29, 0.717) is 16.7 Å². The van der Waals surface area contributed by atoms with Crippen molar-refractivity contribution in [1.82, 2.24) is 14.8 Å². The number of halogens is 1. The molecule has 0 aliphatic heterocycles. The molecule has 2 aromatic heterocycles. The highest BCUT2D eigenvalue weighted by Gasteiger charge is 2.09. The smallest absolute Gasteiger partial charge is 0.218 e. The van der Waals surface area contributed by atoms with E-state index in [1.165, 1.54) is 0 Å². The summed E-state index contributed by atoms with van der Waals surface area (Å²) in [6, 6.07) is 3.62. The van der Waals surface area contributed by atoms with Gasteiger partial charge >= 0.3 is 0 Å². The molecule has 2 rings (SSSR count). The molecule has 0 N–H and O–H groups in total. The topological polar surface area (TPSA) is 39.9 Å². The number of methoxy groups -OCH3 is 1. The predicted octanol–water partition coefficient (Wildman–Crippen LogP) is 2.24. The maximum atomic E-state index is 6.07.